The first-order chi connectivity index (χ1) is 14.3. The SMILES string of the molecule is CCOC(=O)C1=C(C)N(NC(=O)c2cccc(Br)c2)[C@@H](c2ccc(N(C)C)cc2)S1. The Bertz CT molecular complexity index is 976. The van der Waals surface area contributed by atoms with Crippen molar-refractivity contribution in [3.63, 3.8) is 0 Å². The Hall–Kier alpha value is -2.45. The van der Waals surface area contributed by atoms with E-state index in [0.29, 0.717) is 22.8 Å². The number of thioether (sulfide) groups is 1. The molecule has 1 amide bonds. The molecule has 0 aromatic heterocycles. The predicted molar refractivity (Wildman–Crippen MR) is 124 cm³/mol. The van der Waals surface area contributed by atoms with Crippen LogP contribution in [0.15, 0.2) is 63.6 Å². The number of amides is 1. The second kappa shape index (κ2) is 9.57. The highest BCUT2D eigenvalue weighted by Crippen LogP contribution is 2.47. The predicted octanol–water partition coefficient (Wildman–Crippen LogP) is 4.70. The van der Waals surface area contributed by atoms with E-state index in [4.69, 9.17) is 4.74 Å². The lowest BCUT2D eigenvalue weighted by Gasteiger charge is -2.28. The van der Waals surface area contributed by atoms with Gasteiger partial charge in [0.05, 0.1) is 12.3 Å². The highest BCUT2D eigenvalue weighted by Gasteiger charge is 2.36. The summed E-state index contributed by atoms with van der Waals surface area (Å²) < 4.78 is 6.04. The standard InChI is InChI=1S/C22H24BrN3O3S/c1-5-29-22(28)19-14(2)26(24-20(27)16-7-6-8-17(23)13-16)21(30-19)15-9-11-18(12-10-15)25(3)4/h6-13,21H,5H2,1-4H3,(H,24,27)/t21-/m1/s1. The molecule has 0 saturated carbocycles. The van der Waals surface area contributed by atoms with Crippen LogP contribution in [0.25, 0.3) is 0 Å². The molecule has 0 aliphatic carbocycles. The monoisotopic (exact) mass is 489 g/mol. The van der Waals surface area contributed by atoms with Gasteiger partial charge in [-0.3, -0.25) is 15.2 Å². The third-order valence-corrected chi connectivity index (χ3v) is 6.52. The van der Waals surface area contributed by atoms with E-state index in [1.807, 2.05) is 62.3 Å². The molecule has 2 aromatic carbocycles. The molecule has 0 bridgehead atoms. The fourth-order valence-electron chi connectivity index (χ4n) is 3.03. The van der Waals surface area contributed by atoms with Gasteiger partial charge in [-0.15, -0.1) is 0 Å². The third kappa shape index (κ3) is 4.82. The molecule has 1 aliphatic rings. The number of esters is 1. The second-order valence-electron chi connectivity index (χ2n) is 6.91. The van der Waals surface area contributed by atoms with E-state index in [1.165, 1.54) is 11.8 Å². The summed E-state index contributed by atoms with van der Waals surface area (Å²) in [7, 11) is 3.96. The summed E-state index contributed by atoms with van der Waals surface area (Å²) in [5.41, 5.74) is 6.18. The zero-order valence-corrected chi connectivity index (χ0v) is 19.7. The summed E-state index contributed by atoms with van der Waals surface area (Å²) in [5, 5.41) is 1.46. The molecule has 8 heteroatoms. The molecule has 1 N–H and O–H groups in total. The number of halogens is 1. The maximum absolute atomic E-state index is 12.9. The number of ether oxygens (including phenoxy) is 1. The lowest BCUT2D eigenvalue weighted by atomic mass is 10.2. The summed E-state index contributed by atoms with van der Waals surface area (Å²) >= 11 is 4.77. The lowest BCUT2D eigenvalue weighted by molar-refractivity contribution is -0.137. The van der Waals surface area contributed by atoms with Gasteiger partial charge in [-0.05, 0) is 49.7 Å². The van der Waals surface area contributed by atoms with E-state index < -0.39 is 0 Å². The van der Waals surface area contributed by atoms with Gasteiger partial charge >= 0.3 is 5.97 Å². The number of carbonyl (C=O) groups excluding carboxylic acids is 2. The van der Waals surface area contributed by atoms with Gasteiger partial charge in [0, 0.05) is 29.8 Å². The van der Waals surface area contributed by atoms with Gasteiger partial charge in [0.25, 0.3) is 5.91 Å². The summed E-state index contributed by atoms with van der Waals surface area (Å²) in [4.78, 5) is 27.9. The van der Waals surface area contributed by atoms with Gasteiger partial charge in [-0.1, -0.05) is 45.9 Å². The summed E-state index contributed by atoms with van der Waals surface area (Å²) in [6, 6.07) is 15.2. The van der Waals surface area contributed by atoms with Crippen molar-refractivity contribution in [1.82, 2.24) is 10.4 Å². The van der Waals surface area contributed by atoms with Gasteiger partial charge in [0.2, 0.25) is 0 Å². The molecule has 2 aromatic rings. The van der Waals surface area contributed by atoms with Crippen molar-refractivity contribution < 1.29 is 14.3 Å². The number of hydrogen-bond donors (Lipinski definition) is 1. The van der Waals surface area contributed by atoms with Crippen molar-refractivity contribution in [2.45, 2.75) is 19.2 Å². The highest BCUT2D eigenvalue weighted by molar-refractivity contribution is 9.10. The van der Waals surface area contributed by atoms with Gasteiger partial charge in [0.15, 0.2) is 0 Å². The molecule has 0 unspecified atom stereocenters. The lowest BCUT2D eigenvalue weighted by Crippen LogP contribution is -2.40. The molecule has 0 spiro atoms. The average Bonchev–Trinajstić information content (AvgIpc) is 3.04. The number of hydrazine groups is 1. The number of rotatable bonds is 6. The number of carbonyl (C=O) groups is 2. The number of nitrogens with one attached hydrogen (secondary N) is 1. The van der Waals surface area contributed by atoms with Crippen molar-refractivity contribution >= 4 is 45.3 Å². The minimum atomic E-state index is -0.380. The zero-order valence-electron chi connectivity index (χ0n) is 17.3. The fourth-order valence-corrected chi connectivity index (χ4v) is 4.68. The minimum absolute atomic E-state index is 0.253. The van der Waals surface area contributed by atoms with E-state index in [-0.39, 0.29) is 17.3 Å². The van der Waals surface area contributed by atoms with E-state index in [2.05, 4.69) is 21.4 Å². The Morgan fingerprint density at radius 1 is 1.20 bits per heavy atom. The molecule has 30 heavy (non-hydrogen) atoms. The van der Waals surface area contributed by atoms with Crippen LogP contribution >= 0.6 is 27.7 Å². The van der Waals surface area contributed by atoms with Crippen molar-refractivity contribution in [3.8, 4) is 0 Å². The Morgan fingerprint density at radius 3 is 2.50 bits per heavy atom. The molecular weight excluding hydrogens is 466 g/mol. The van der Waals surface area contributed by atoms with E-state index in [1.54, 1.807) is 24.1 Å². The zero-order chi connectivity index (χ0) is 21.8. The normalized spacial score (nSPS) is 15.9. The Morgan fingerprint density at radius 2 is 1.90 bits per heavy atom. The third-order valence-electron chi connectivity index (χ3n) is 4.62. The minimum Gasteiger partial charge on any atom is -0.462 e. The van der Waals surface area contributed by atoms with Gasteiger partial charge in [-0.25, -0.2) is 4.79 Å². The maximum Gasteiger partial charge on any atom is 0.346 e. The summed E-state index contributed by atoms with van der Waals surface area (Å²) in [6.45, 7) is 3.88. The number of hydrogen-bond acceptors (Lipinski definition) is 6. The van der Waals surface area contributed by atoms with E-state index in [0.717, 1.165) is 15.7 Å². The van der Waals surface area contributed by atoms with Crippen LogP contribution < -0.4 is 10.3 Å². The van der Waals surface area contributed by atoms with Crippen molar-refractivity contribution in [1.29, 1.82) is 0 Å². The molecule has 0 fully saturated rings. The number of anilines is 1. The molecule has 0 saturated heterocycles. The molecule has 158 valence electrons. The van der Waals surface area contributed by atoms with Crippen LogP contribution in [0.5, 0.6) is 0 Å². The highest BCUT2D eigenvalue weighted by atomic mass is 79.9. The topological polar surface area (TPSA) is 61.9 Å². The van der Waals surface area contributed by atoms with Crippen molar-refractivity contribution in [3.05, 3.63) is 74.7 Å². The first-order valence-electron chi connectivity index (χ1n) is 9.49. The van der Waals surface area contributed by atoms with Crippen LogP contribution in [0.3, 0.4) is 0 Å². The molecule has 0 radical (unpaired) electrons. The maximum atomic E-state index is 12.9. The second-order valence-corrected chi connectivity index (χ2v) is 8.92. The van der Waals surface area contributed by atoms with Crippen molar-refractivity contribution in [2.24, 2.45) is 0 Å². The van der Waals surface area contributed by atoms with Crippen LogP contribution in [-0.4, -0.2) is 37.6 Å². The van der Waals surface area contributed by atoms with Crippen LogP contribution in [0, 0.1) is 0 Å². The number of allylic oxidation sites excluding steroid dienone is 1. The Kier molecular flexibility index (Phi) is 7.10. The number of benzene rings is 2. The average molecular weight is 490 g/mol. The first-order valence-corrected chi connectivity index (χ1v) is 11.2. The van der Waals surface area contributed by atoms with Crippen LogP contribution in [0.1, 0.15) is 35.1 Å². The molecule has 1 aliphatic heterocycles. The van der Waals surface area contributed by atoms with E-state index >= 15 is 0 Å². The van der Waals surface area contributed by atoms with Gasteiger partial charge in [0.1, 0.15) is 10.3 Å². The largest absolute Gasteiger partial charge is 0.462 e. The van der Waals surface area contributed by atoms with Crippen LogP contribution in [-0.2, 0) is 9.53 Å². The summed E-state index contributed by atoms with van der Waals surface area (Å²) in [5.74, 6) is -0.634. The molecule has 1 heterocycles. The smallest absolute Gasteiger partial charge is 0.346 e. The van der Waals surface area contributed by atoms with Crippen LogP contribution in [0.4, 0.5) is 5.69 Å². The Labute approximate surface area is 189 Å². The summed E-state index contributed by atoms with van der Waals surface area (Å²) in [6.07, 6.45) is 0. The Balaban J connectivity index is 1.92. The quantitative estimate of drug-likeness (QED) is 0.593. The first kappa shape index (κ1) is 22.2. The van der Waals surface area contributed by atoms with Crippen molar-refractivity contribution in [2.75, 3.05) is 25.6 Å². The molecule has 6 nitrogen and oxygen atoms in total. The van der Waals surface area contributed by atoms with E-state index in [9.17, 15) is 9.59 Å². The molecular formula is C22H24BrN3O3S. The number of nitrogens with zero attached hydrogens (tertiary/aromatic N) is 2. The van der Waals surface area contributed by atoms with Crippen LogP contribution in [0.2, 0.25) is 0 Å². The van der Waals surface area contributed by atoms with Gasteiger partial charge < -0.3 is 9.64 Å². The van der Waals surface area contributed by atoms with Gasteiger partial charge in [-0.2, -0.15) is 0 Å². The molecule has 1 atom stereocenters. The molecule has 3 rings (SSSR count). The fraction of sp³-hybridized carbons (Fsp3) is 0.273.